The highest BCUT2D eigenvalue weighted by Gasteiger charge is 2.21. The highest BCUT2D eigenvalue weighted by molar-refractivity contribution is 5.85. The minimum Gasteiger partial charge on any atom is -0.464 e. The van der Waals surface area contributed by atoms with E-state index in [1.165, 1.54) is 24.1 Å². The molecule has 0 saturated carbocycles. The van der Waals surface area contributed by atoms with Gasteiger partial charge in [-0.15, -0.1) is 12.4 Å². The second kappa shape index (κ2) is 6.54. The predicted molar refractivity (Wildman–Crippen MR) is 89.3 cm³/mol. The number of halogens is 1. The Bertz CT molecular complexity index is 603. The van der Waals surface area contributed by atoms with Gasteiger partial charge in [-0.05, 0) is 56.0 Å². The second-order valence-corrected chi connectivity index (χ2v) is 5.68. The van der Waals surface area contributed by atoms with E-state index in [0.29, 0.717) is 0 Å². The lowest BCUT2D eigenvalue weighted by atomic mass is 10.0. The third-order valence-electron chi connectivity index (χ3n) is 4.04. The zero-order valence-corrected chi connectivity index (χ0v) is 13.5. The van der Waals surface area contributed by atoms with Crippen molar-refractivity contribution in [2.75, 3.05) is 18.0 Å². The summed E-state index contributed by atoms with van der Waals surface area (Å²) in [6.45, 7) is 6.33. The molecule has 1 saturated heterocycles. The van der Waals surface area contributed by atoms with Gasteiger partial charge in [0, 0.05) is 18.8 Å². The average Bonchev–Trinajstić information content (AvgIpc) is 3.09. The van der Waals surface area contributed by atoms with Gasteiger partial charge >= 0.3 is 0 Å². The molecule has 2 N–H and O–H groups in total. The van der Waals surface area contributed by atoms with Crippen molar-refractivity contribution < 1.29 is 4.42 Å². The van der Waals surface area contributed by atoms with Crippen LogP contribution in [0.1, 0.15) is 41.5 Å². The molecule has 0 aliphatic carbocycles. The standard InChI is InChI=1S/C17H22N2O.ClH/c1-12-5-7-14(15(11-12)19-9-3-4-10-19)17(18)16-8-6-13(2)20-16;/h5-8,11,17H,3-4,9-10,18H2,1-2H3;1H. The molecule has 21 heavy (non-hydrogen) atoms. The highest BCUT2D eigenvalue weighted by atomic mass is 35.5. The molecule has 0 spiro atoms. The number of furan rings is 1. The number of aryl methyl sites for hydroxylation is 2. The van der Waals surface area contributed by atoms with Crippen molar-refractivity contribution in [2.45, 2.75) is 32.7 Å². The van der Waals surface area contributed by atoms with E-state index in [1.807, 2.05) is 19.1 Å². The second-order valence-electron chi connectivity index (χ2n) is 5.68. The molecular formula is C17H23ClN2O. The normalized spacial score (nSPS) is 15.9. The Kier molecular flexibility index (Phi) is 4.96. The lowest BCUT2D eigenvalue weighted by molar-refractivity contribution is 0.466. The first-order valence-electron chi connectivity index (χ1n) is 7.32. The molecule has 0 amide bonds. The molecule has 0 bridgehead atoms. The Balaban J connectivity index is 0.00000161. The smallest absolute Gasteiger partial charge is 0.125 e. The molecule has 3 nitrogen and oxygen atoms in total. The average molecular weight is 307 g/mol. The van der Waals surface area contributed by atoms with Crippen molar-refractivity contribution in [2.24, 2.45) is 5.73 Å². The topological polar surface area (TPSA) is 42.4 Å². The van der Waals surface area contributed by atoms with Crippen molar-refractivity contribution in [3.05, 3.63) is 53.0 Å². The first-order chi connectivity index (χ1) is 9.65. The highest BCUT2D eigenvalue weighted by Crippen LogP contribution is 2.32. The van der Waals surface area contributed by atoms with E-state index in [4.69, 9.17) is 10.2 Å². The molecule has 2 aromatic rings. The molecular weight excluding hydrogens is 284 g/mol. The Labute approximate surface area is 132 Å². The van der Waals surface area contributed by atoms with Crippen LogP contribution in [0.15, 0.2) is 34.7 Å². The molecule has 0 radical (unpaired) electrons. The summed E-state index contributed by atoms with van der Waals surface area (Å²) in [4.78, 5) is 2.44. The van der Waals surface area contributed by atoms with Crippen LogP contribution >= 0.6 is 12.4 Å². The van der Waals surface area contributed by atoms with Gasteiger partial charge in [0.2, 0.25) is 0 Å². The van der Waals surface area contributed by atoms with Crippen molar-refractivity contribution in [3.8, 4) is 0 Å². The molecule has 1 fully saturated rings. The van der Waals surface area contributed by atoms with Crippen LogP contribution in [0.5, 0.6) is 0 Å². The van der Waals surface area contributed by atoms with Crippen LogP contribution in [-0.4, -0.2) is 13.1 Å². The van der Waals surface area contributed by atoms with Gasteiger partial charge in [0.25, 0.3) is 0 Å². The number of rotatable bonds is 3. The molecule has 1 aliphatic rings. The van der Waals surface area contributed by atoms with Crippen LogP contribution in [0, 0.1) is 13.8 Å². The maximum absolute atomic E-state index is 6.43. The Morgan fingerprint density at radius 3 is 2.43 bits per heavy atom. The van der Waals surface area contributed by atoms with Gasteiger partial charge in [-0.2, -0.15) is 0 Å². The number of benzene rings is 1. The monoisotopic (exact) mass is 306 g/mol. The fourth-order valence-corrected chi connectivity index (χ4v) is 2.92. The Morgan fingerprint density at radius 1 is 1.10 bits per heavy atom. The van der Waals surface area contributed by atoms with E-state index in [2.05, 4.69) is 30.0 Å². The first kappa shape index (κ1) is 15.9. The summed E-state index contributed by atoms with van der Waals surface area (Å²) in [5.74, 6) is 1.75. The van der Waals surface area contributed by atoms with Crippen molar-refractivity contribution in [1.29, 1.82) is 0 Å². The lowest BCUT2D eigenvalue weighted by Crippen LogP contribution is -2.22. The molecule has 1 unspecified atom stereocenters. The van der Waals surface area contributed by atoms with Gasteiger partial charge < -0.3 is 15.1 Å². The van der Waals surface area contributed by atoms with Gasteiger partial charge in [0.1, 0.15) is 11.5 Å². The molecule has 1 aromatic heterocycles. The van der Waals surface area contributed by atoms with Crippen LogP contribution in [0.4, 0.5) is 5.69 Å². The minimum atomic E-state index is -0.195. The number of hydrogen-bond donors (Lipinski definition) is 1. The summed E-state index contributed by atoms with van der Waals surface area (Å²) >= 11 is 0. The fourth-order valence-electron chi connectivity index (χ4n) is 2.92. The summed E-state index contributed by atoms with van der Waals surface area (Å²) in [6, 6.07) is 10.3. The van der Waals surface area contributed by atoms with E-state index in [9.17, 15) is 0 Å². The minimum absolute atomic E-state index is 0. The zero-order valence-electron chi connectivity index (χ0n) is 12.6. The van der Waals surface area contributed by atoms with Gasteiger partial charge in [-0.1, -0.05) is 12.1 Å². The van der Waals surface area contributed by atoms with Crippen molar-refractivity contribution >= 4 is 18.1 Å². The van der Waals surface area contributed by atoms with Gasteiger partial charge in [-0.25, -0.2) is 0 Å². The maximum atomic E-state index is 6.43. The van der Waals surface area contributed by atoms with Gasteiger partial charge in [-0.3, -0.25) is 0 Å². The number of nitrogens with two attached hydrogens (primary N) is 1. The molecule has 2 heterocycles. The van der Waals surface area contributed by atoms with Gasteiger partial charge in [0.05, 0.1) is 6.04 Å². The van der Waals surface area contributed by atoms with Crippen LogP contribution in [0.2, 0.25) is 0 Å². The predicted octanol–water partition coefficient (Wildman–Crippen LogP) is 3.97. The summed E-state index contributed by atoms with van der Waals surface area (Å²) in [6.07, 6.45) is 2.53. The number of nitrogens with zero attached hydrogens (tertiary/aromatic N) is 1. The van der Waals surface area contributed by atoms with Crippen molar-refractivity contribution in [3.63, 3.8) is 0 Å². The van der Waals surface area contributed by atoms with Crippen LogP contribution in [0.25, 0.3) is 0 Å². The quantitative estimate of drug-likeness (QED) is 0.933. The summed E-state index contributed by atoms with van der Waals surface area (Å²) in [7, 11) is 0. The third-order valence-corrected chi connectivity index (χ3v) is 4.04. The molecule has 114 valence electrons. The third kappa shape index (κ3) is 3.25. The lowest BCUT2D eigenvalue weighted by Gasteiger charge is -2.24. The molecule has 1 aromatic carbocycles. The molecule has 4 heteroatoms. The molecule has 3 rings (SSSR count). The number of hydrogen-bond acceptors (Lipinski definition) is 3. The summed E-state index contributed by atoms with van der Waals surface area (Å²) < 4.78 is 5.70. The largest absolute Gasteiger partial charge is 0.464 e. The summed E-state index contributed by atoms with van der Waals surface area (Å²) in [5.41, 5.74) is 10.1. The van der Waals surface area contributed by atoms with Crippen molar-refractivity contribution in [1.82, 2.24) is 0 Å². The summed E-state index contributed by atoms with van der Waals surface area (Å²) in [5, 5.41) is 0. The zero-order chi connectivity index (χ0) is 14.1. The Hall–Kier alpha value is -1.45. The van der Waals surface area contributed by atoms with E-state index < -0.39 is 0 Å². The number of anilines is 1. The van der Waals surface area contributed by atoms with E-state index in [1.54, 1.807) is 0 Å². The van der Waals surface area contributed by atoms with Crippen LogP contribution in [-0.2, 0) is 0 Å². The van der Waals surface area contributed by atoms with E-state index in [0.717, 1.165) is 30.2 Å². The SMILES string of the molecule is Cc1ccc(C(N)c2ccc(C)o2)c(N2CCCC2)c1.Cl. The van der Waals surface area contributed by atoms with Crippen LogP contribution in [0.3, 0.4) is 0 Å². The molecule has 1 atom stereocenters. The van der Waals surface area contributed by atoms with Crippen LogP contribution < -0.4 is 10.6 Å². The fraction of sp³-hybridized carbons (Fsp3) is 0.412. The Morgan fingerprint density at radius 2 is 1.81 bits per heavy atom. The van der Waals surface area contributed by atoms with Gasteiger partial charge in [0.15, 0.2) is 0 Å². The van der Waals surface area contributed by atoms with E-state index >= 15 is 0 Å². The molecule has 1 aliphatic heterocycles. The first-order valence-corrected chi connectivity index (χ1v) is 7.32. The van der Waals surface area contributed by atoms with E-state index in [-0.39, 0.29) is 18.4 Å². The maximum Gasteiger partial charge on any atom is 0.125 e.